The van der Waals surface area contributed by atoms with Crippen molar-refractivity contribution >= 4 is 5.91 Å². The lowest BCUT2D eigenvalue weighted by atomic mass is 10.1. The molecule has 30 heavy (non-hydrogen) atoms. The van der Waals surface area contributed by atoms with Gasteiger partial charge < -0.3 is 19.8 Å². The number of benzene rings is 1. The lowest BCUT2D eigenvalue weighted by Gasteiger charge is -2.13. The van der Waals surface area contributed by atoms with Gasteiger partial charge in [0.1, 0.15) is 0 Å². The lowest BCUT2D eigenvalue weighted by molar-refractivity contribution is 0.0946. The fourth-order valence-corrected chi connectivity index (χ4v) is 3.44. The number of H-pyrrole nitrogens is 1. The number of carbonyl (C=O) groups is 1. The first-order valence-electron chi connectivity index (χ1n) is 10.4. The molecule has 0 fully saturated rings. The summed E-state index contributed by atoms with van der Waals surface area (Å²) in [5, 5.41) is 2.86. The average Bonchev–Trinajstić information content (AvgIpc) is 3.21. The van der Waals surface area contributed by atoms with Crippen molar-refractivity contribution in [1.82, 2.24) is 20.3 Å². The minimum atomic E-state index is -0.0481. The molecule has 1 aromatic carbocycles. The Bertz CT molecular complexity index is 1040. The zero-order chi connectivity index (χ0) is 20.9. The van der Waals surface area contributed by atoms with E-state index in [1.165, 1.54) is 0 Å². The molecule has 3 heterocycles. The first-order valence-corrected chi connectivity index (χ1v) is 10.4. The zero-order valence-corrected chi connectivity index (χ0v) is 17.3. The molecule has 156 valence electrons. The van der Waals surface area contributed by atoms with Crippen LogP contribution in [0.15, 0.2) is 36.5 Å². The predicted molar refractivity (Wildman–Crippen MR) is 115 cm³/mol. The van der Waals surface area contributed by atoms with E-state index in [2.05, 4.69) is 22.2 Å². The van der Waals surface area contributed by atoms with Gasteiger partial charge in [-0.2, -0.15) is 0 Å². The first kappa shape index (κ1) is 19.9. The normalized spacial score (nSPS) is 12.9. The minimum absolute atomic E-state index is 0.0481. The van der Waals surface area contributed by atoms with Crippen LogP contribution < -0.4 is 14.8 Å². The summed E-state index contributed by atoms with van der Waals surface area (Å²) < 4.78 is 11.6. The van der Waals surface area contributed by atoms with Crippen molar-refractivity contribution in [2.24, 2.45) is 0 Å². The highest BCUT2D eigenvalue weighted by atomic mass is 16.5. The molecule has 0 atom stereocenters. The third-order valence-electron chi connectivity index (χ3n) is 4.99. The first-order chi connectivity index (χ1) is 14.7. The average molecular weight is 406 g/mol. The Morgan fingerprint density at radius 3 is 2.80 bits per heavy atom. The molecule has 4 rings (SSSR count). The van der Waals surface area contributed by atoms with E-state index in [1.807, 2.05) is 37.3 Å². The topological polar surface area (TPSA) is 89.1 Å². The molecule has 0 radical (unpaired) electrons. The summed E-state index contributed by atoms with van der Waals surface area (Å²) in [5.41, 5.74) is 4.02. The number of fused-ring (bicyclic) bond motifs is 1. The fraction of sp³-hybridized carbons (Fsp3) is 0.348. The second-order valence-corrected chi connectivity index (χ2v) is 7.14. The second kappa shape index (κ2) is 8.98. The molecule has 0 unspecified atom stereocenters. The Labute approximate surface area is 175 Å². The number of unbranched alkanes of at least 4 members (excludes halogenated alkanes) is 1. The molecule has 0 aliphatic carbocycles. The third kappa shape index (κ3) is 4.15. The molecule has 0 spiro atoms. The van der Waals surface area contributed by atoms with Gasteiger partial charge in [0.05, 0.1) is 30.2 Å². The molecule has 7 nitrogen and oxygen atoms in total. The van der Waals surface area contributed by atoms with Crippen LogP contribution in [0.5, 0.6) is 11.5 Å². The number of rotatable bonds is 8. The smallest absolute Gasteiger partial charge is 0.253 e. The van der Waals surface area contributed by atoms with E-state index in [1.54, 1.807) is 6.20 Å². The van der Waals surface area contributed by atoms with E-state index in [9.17, 15) is 4.79 Å². The number of amides is 1. The van der Waals surface area contributed by atoms with E-state index in [4.69, 9.17) is 14.5 Å². The largest absolute Gasteiger partial charge is 0.490 e. The number of hydrogen-bond donors (Lipinski definition) is 2. The molecule has 0 bridgehead atoms. The van der Waals surface area contributed by atoms with Crippen LogP contribution in [0.3, 0.4) is 0 Å². The highest BCUT2D eigenvalue weighted by Crippen LogP contribution is 2.32. The summed E-state index contributed by atoms with van der Waals surface area (Å²) in [5.74, 6) is 1.96. The maximum atomic E-state index is 12.1. The predicted octanol–water partition coefficient (Wildman–Crippen LogP) is 4.00. The summed E-state index contributed by atoms with van der Waals surface area (Å²) in [6.45, 7) is 5.93. The quantitative estimate of drug-likeness (QED) is 0.552. The van der Waals surface area contributed by atoms with E-state index < -0.39 is 0 Å². The number of carbonyl (C=O) groups excluding carboxylic acids is 1. The highest BCUT2D eigenvalue weighted by Gasteiger charge is 2.20. The van der Waals surface area contributed by atoms with E-state index >= 15 is 0 Å². The molecular weight excluding hydrogens is 380 g/mol. The molecule has 7 heteroatoms. The van der Waals surface area contributed by atoms with Crippen molar-refractivity contribution < 1.29 is 14.3 Å². The van der Waals surface area contributed by atoms with Gasteiger partial charge in [-0.05, 0) is 43.7 Å². The van der Waals surface area contributed by atoms with Gasteiger partial charge in [0.25, 0.3) is 5.91 Å². The summed E-state index contributed by atoms with van der Waals surface area (Å²) in [7, 11) is 0. The third-order valence-corrected chi connectivity index (χ3v) is 4.99. The summed E-state index contributed by atoms with van der Waals surface area (Å²) in [6, 6.07) is 9.45. The van der Waals surface area contributed by atoms with Crippen molar-refractivity contribution in [1.29, 1.82) is 0 Å². The number of hydrogen-bond acceptors (Lipinski definition) is 5. The Balaban J connectivity index is 1.63. The second-order valence-electron chi connectivity index (χ2n) is 7.14. The molecule has 1 aliphatic rings. The van der Waals surface area contributed by atoms with E-state index in [0.717, 1.165) is 47.7 Å². The summed E-state index contributed by atoms with van der Waals surface area (Å²) >= 11 is 0. The lowest BCUT2D eigenvalue weighted by Crippen LogP contribution is -2.31. The molecule has 3 aromatic rings. The van der Waals surface area contributed by atoms with Crippen LogP contribution in [0.4, 0.5) is 0 Å². The van der Waals surface area contributed by atoms with Gasteiger partial charge in [-0.15, -0.1) is 0 Å². The number of aromatic amines is 1. The van der Waals surface area contributed by atoms with Crippen LogP contribution in [0.2, 0.25) is 0 Å². The summed E-state index contributed by atoms with van der Waals surface area (Å²) in [4.78, 5) is 24.5. The molecule has 0 saturated carbocycles. The SMILES string of the molecule is CCCCOc1ccc(-c2nccc(-c3cc4c([nH]3)CCNC4=O)n2)cc1OCC. The number of nitrogens with zero attached hydrogens (tertiary/aromatic N) is 2. The molecular formula is C23H26N4O3. The molecule has 0 saturated heterocycles. The zero-order valence-electron chi connectivity index (χ0n) is 17.3. The van der Waals surface area contributed by atoms with Crippen molar-refractivity contribution in [3.63, 3.8) is 0 Å². The monoisotopic (exact) mass is 406 g/mol. The fourth-order valence-electron chi connectivity index (χ4n) is 3.44. The number of aromatic nitrogens is 3. The maximum Gasteiger partial charge on any atom is 0.253 e. The van der Waals surface area contributed by atoms with E-state index in [-0.39, 0.29) is 5.91 Å². The van der Waals surface area contributed by atoms with E-state index in [0.29, 0.717) is 36.9 Å². The van der Waals surface area contributed by atoms with Gasteiger partial charge in [-0.1, -0.05) is 13.3 Å². The van der Waals surface area contributed by atoms with Gasteiger partial charge in [-0.25, -0.2) is 9.97 Å². The van der Waals surface area contributed by atoms with Crippen LogP contribution in [-0.2, 0) is 6.42 Å². The van der Waals surface area contributed by atoms with Crippen molar-refractivity contribution in [2.45, 2.75) is 33.1 Å². The van der Waals surface area contributed by atoms with Gasteiger partial charge in [0, 0.05) is 30.4 Å². The molecule has 1 amide bonds. The molecule has 2 aromatic heterocycles. The molecule has 2 N–H and O–H groups in total. The van der Waals surface area contributed by atoms with Gasteiger partial charge in [0.2, 0.25) is 0 Å². The van der Waals surface area contributed by atoms with Gasteiger partial charge in [-0.3, -0.25) is 4.79 Å². The van der Waals surface area contributed by atoms with Crippen LogP contribution in [0.25, 0.3) is 22.8 Å². The summed E-state index contributed by atoms with van der Waals surface area (Å²) in [6.07, 6.45) is 4.59. The van der Waals surface area contributed by atoms with Crippen molar-refractivity contribution in [3.8, 4) is 34.3 Å². The Morgan fingerprint density at radius 1 is 1.10 bits per heavy atom. The van der Waals surface area contributed by atoms with Crippen LogP contribution in [-0.4, -0.2) is 40.6 Å². The van der Waals surface area contributed by atoms with Crippen LogP contribution in [0.1, 0.15) is 42.7 Å². The van der Waals surface area contributed by atoms with Crippen molar-refractivity contribution in [2.75, 3.05) is 19.8 Å². The Hall–Kier alpha value is -3.35. The molecule has 1 aliphatic heterocycles. The maximum absolute atomic E-state index is 12.1. The Kier molecular flexibility index (Phi) is 5.97. The number of ether oxygens (including phenoxy) is 2. The van der Waals surface area contributed by atoms with Crippen LogP contribution in [0, 0.1) is 0 Å². The van der Waals surface area contributed by atoms with Gasteiger partial charge >= 0.3 is 0 Å². The van der Waals surface area contributed by atoms with Crippen LogP contribution >= 0.6 is 0 Å². The Morgan fingerprint density at radius 2 is 2.00 bits per heavy atom. The standard InChI is InChI=1S/C23H26N4O3/c1-3-5-12-30-20-7-6-15(13-21(20)29-4-2)22-24-10-9-18(27-22)19-14-16-17(26-19)8-11-25-23(16)28/h6-7,9-10,13-14,26H,3-5,8,11-12H2,1-2H3,(H,25,28). The highest BCUT2D eigenvalue weighted by molar-refractivity contribution is 5.97. The minimum Gasteiger partial charge on any atom is -0.490 e. The number of nitrogens with one attached hydrogen (secondary N) is 2. The van der Waals surface area contributed by atoms with Crippen molar-refractivity contribution in [3.05, 3.63) is 47.8 Å². The van der Waals surface area contributed by atoms with Gasteiger partial charge in [0.15, 0.2) is 17.3 Å².